The number of likely N-dealkylation sites (N-methyl/N-ethyl adjacent to an activating group) is 1. The summed E-state index contributed by atoms with van der Waals surface area (Å²) in [5, 5.41) is 9.35. The Balaban J connectivity index is 6.44. The molecule has 0 aliphatic rings. The van der Waals surface area contributed by atoms with Gasteiger partial charge in [-0.05, 0) is 13.1 Å². The lowest BCUT2D eigenvalue weighted by molar-refractivity contribution is -0.462. The summed E-state index contributed by atoms with van der Waals surface area (Å²) in [5.74, 6) is -56.6. The summed E-state index contributed by atoms with van der Waals surface area (Å²) < 4.78 is 223. The number of nitrogens with zero attached hydrogens (tertiary/aromatic N) is 1. The van der Waals surface area contributed by atoms with E-state index in [0.717, 1.165) is 4.90 Å². The Kier molecular flexibility index (Phi) is 8.96. The number of aliphatic hydroxyl groups is 1. The van der Waals surface area contributed by atoms with Crippen molar-refractivity contribution in [2.75, 3.05) is 19.6 Å². The van der Waals surface area contributed by atoms with E-state index in [1.807, 2.05) is 0 Å². The Morgan fingerprint density at radius 1 is 0.529 bits per heavy atom. The van der Waals surface area contributed by atoms with Gasteiger partial charge in [-0.1, -0.05) is 13.8 Å². The fourth-order valence-electron chi connectivity index (χ4n) is 2.46. The topological polar surface area (TPSA) is 23.5 Å². The highest BCUT2D eigenvalue weighted by molar-refractivity contribution is 5.15. The highest BCUT2D eigenvalue weighted by atomic mass is 19.4. The minimum atomic E-state index is -8.65. The Hall–Kier alpha value is -1.27. The normalized spacial score (nSPS) is 16.9. The molecule has 0 amide bonds. The zero-order valence-electron chi connectivity index (χ0n) is 16.7. The van der Waals surface area contributed by atoms with Gasteiger partial charge in [0, 0.05) is 13.0 Å². The number of hydrogen-bond acceptors (Lipinski definition) is 2. The van der Waals surface area contributed by atoms with Crippen LogP contribution >= 0.6 is 0 Å². The van der Waals surface area contributed by atoms with Gasteiger partial charge in [0.05, 0.1) is 6.10 Å². The van der Waals surface area contributed by atoms with Crippen molar-refractivity contribution in [2.24, 2.45) is 0 Å². The van der Waals surface area contributed by atoms with Crippen LogP contribution in [0.15, 0.2) is 0 Å². The van der Waals surface area contributed by atoms with Gasteiger partial charge in [-0.3, -0.25) is 0 Å². The van der Waals surface area contributed by atoms with Gasteiger partial charge in [-0.15, -0.1) is 0 Å². The number of hydrogen-bond donors (Lipinski definition) is 1. The lowest BCUT2D eigenvalue weighted by atomic mass is 9.87. The Morgan fingerprint density at radius 2 is 0.824 bits per heavy atom. The Morgan fingerprint density at radius 3 is 1.12 bits per heavy atom. The molecule has 0 rings (SSSR count). The maximum atomic E-state index is 13.7. The molecular formula is C15H16F17NO. The van der Waals surface area contributed by atoms with E-state index in [0.29, 0.717) is 0 Å². The molecule has 19 heteroatoms. The maximum Gasteiger partial charge on any atom is 0.460 e. The van der Waals surface area contributed by atoms with E-state index in [2.05, 4.69) is 0 Å². The first-order valence-corrected chi connectivity index (χ1v) is 8.75. The van der Waals surface area contributed by atoms with Crippen LogP contribution in [0.3, 0.4) is 0 Å². The van der Waals surface area contributed by atoms with Crippen molar-refractivity contribution < 1.29 is 79.7 Å². The summed E-state index contributed by atoms with van der Waals surface area (Å²) in [6.07, 6.45) is -13.4. The minimum absolute atomic E-state index is 0.0571. The van der Waals surface area contributed by atoms with Crippen molar-refractivity contribution >= 4 is 0 Å². The van der Waals surface area contributed by atoms with Crippen LogP contribution in [0.4, 0.5) is 74.6 Å². The summed E-state index contributed by atoms with van der Waals surface area (Å²) in [6.45, 7) is 1.57. The molecule has 0 saturated heterocycles. The first-order valence-electron chi connectivity index (χ1n) is 8.75. The second kappa shape index (κ2) is 9.31. The van der Waals surface area contributed by atoms with E-state index in [-0.39, 0.29) is 13.1 Å². The van der Waals surface area contributed by atoms with Crippen molar-refractivity contribution in [1.82, 2.24) is 4.90 Å². The zero-order chi connectivity index (χ0) is 28.0. The van der Waals surface area contributed by atoms with Gasteiger partial charge in [-0.25, -0.2) is 0 Å². The predicted molar refractivity (Wildman–Crippen MR) is 79.1 cm³/mol. The van der Waals surface area contributed by atoms with Crippen LogP contribution in [-0.4, -0.2) is 83.4 Å². The third-order valence-corrected chi connectivity index (χ3v) is 4.64. The summed E-state index contributed by atoms with van der Waals surface area (Å²) in [4.78, 5) is 1.01. The number of aliphatic hydroxyl groups excluding tert-OH is 1. The van der Waals surface area contributed by atoms with Crippen LogP contribution in [0.2, 0.25) is 0 Å². The van der Waals surface area contributed by atoms with Gasteiger partial charge in [-0.2, -0.15) is 74.6 Å². The van der Waals surface area contributed by atoms with Gasteiger partial charge in [0.25, 0.3) is 0 Å². The molecule has 1 N–H and O–H groups in total. The highest BCUT2D eigenvalue weighted by Gasteiger charge is 2.95. The van der Waals surface area contributed by atoms with Crippen molar-refractivity contribution in [2.45, 2.75) is 74.0 Å². The standard InChI is InChI=1S/C15H16F17NO/c1-3-33(4-2)6-7(34)5-8(16,17)9(18,19)10(20,21)11(22,23)12(24,25)13(26,27)14(28,29)15(30,31)32/h7,34H,3-6H2,1-2H3. The first kappa shape index (κ1) is 32.7. The summed E-state index contributed by atoms with van der Waals surface area (Å²) >= 11 is 0. The molecule has 0 aliphatic carbocycles. The van der Waals surface area contributed by atoms with Gasteiger partial charge in [0.15, 0.2) is 0 Å². The first-order chi connectivity index (χ1) is 14.6. The van der Waals surface area contributed by atoms with Gasteiger partial charge < -0.3 is 10.0 Å². The fourth-order valence-corrected chi connectivity index (χ4v) is 2.46. The number of halogens is 17. The molecule has 0 aliphatic heterocycles. The van der Waals surface area contributed by atoms with Crippen LogP contribution in [0.25, 0.3) is 0 Å². The molecule has 34 heavy (non-hydrogen) atoms. The van der Waals surface area contributed by atoms with Gasteiger partial charge >= 0.3 is 47.6 Å². The molecule has 2 nitrogen and oxygen atoms in total. The molecule has 0 bridgehead atoms. The van der Waals surface area contributed by atoms with E-state index >= 15 is 0 Å². The molecule has 1 unspecified atom stereocenters. The van der Waals surface area contributed by atoms with E-state index in [1.165, 1.54) is 13.8 Å². The quantitative estimate of drug-likeness (QED) is 0.298. The van der Waals surface area contributed by atoms with Gasteiger partial charge in [0.1, 0.15) is 0 Å². The minimum Gasteiger partial charge on any atom is -0.392 e. The summed E-state index contributed by atoms with van der Waals surface area (Å²) in [5.41, 5.74) is 0. The second-order valence-corrected chi connectivity index (χ2v) is 6.99. The monoisotopic (exact) mass is 549 g/mol. The average molecular weight is 549 g/mol. The molecule has 0 aromatic heterocycles. The van der Waals surface area contributed by atoms with Crippen molar-refractivity contribution in [3.63, 3.8) is 0 Å². The summed E-state index contributed by atoms with van der Waals surface area (Å²) in [6, 6.07) is 0. The molecule has 1 atom stereocenters. The van der Waals surface area contributed by atoms with E-state index < -0.39 is 66.7 Å². The van der Waals surface area contributed by atoms with Crippen LogP contribution in [-0.2, 0) is 0 Å². The summed E-state index contributed by atoms with van der Waals surface area (Å²) in [7, 11) is 0. The van der Waals surface area contributed by atoms with Crippen LogP contribution < -0.4 is 0 Å². The molecule has 0 saturated carbocycles. The van der Waals surface area contributed by atoms with Gasteiger partial charge in [0.2, 0.25) is 0 Å². The molecule has 0 radical (unpaired) electrons. The van der Waals surface area contributed by atoms with Crippen molar-refractivity contribution in [3.05, 3.63) is 0 Å². The van der Waals surface area contributed by atoms with E-state index in [1.54, 1.807) is 0 Å². The maximum absolute atomic E-state index is 13.7. The number of rotatable bonds is 12. The predicted octanol–water partition coefficient (Wildman–Crippen LogP) is 6.09. The largest absolute Gasteiger partial charge is 0.460 e. The lowest BCUT2D eigenvalue weighted by Gasteiger charge is -2.43. The molecule has 0 fully saturated rings. The van der Waals surface area contributed by atoms with Crippen LogP contribution in [0.1, 0.15) is 20.3 Å². The smallest absolute Gasteiger partial charge is 0.392 e. The van der Waals surface area contributed by atoms with Crippen molar-refractivity contribution in [3.8, 4) is 0 Å². The molecule has 0 spiro atoms. The second-order valence-electron chi connectivity index (χ2n) is 6.99. The molecule has 0 heterocycles. The fraction of sp³-hybridized carbons (Fsp3) is 1.00. The Bertz CT molecular complexity index is 683. The zero-order valence-corrected chi connectivity index (χ0v) is 16.7. The van der Waals surface area contributed by atoms with E-state index in [9.17, 15) is 79.7 Å². The highest BCUT2D eigenvalue weighted by Crippen LogP contribution is 2.64. The third-order valence-electron chi connectivity index (χ3n) is 4.64. The molecule has 206 valence electrons. The van der Waals surface area contributed by atoms with Crippen LogP contribution in [0, 0.1) is 0 Å². The average Bonchev–Trinajstić information content (AvgIpc) is 2.63. The lowest BCUT2D eigenvalue weighted by Crippen LogP contribution is -2.74. The van der Waals surface area contributed by atoms with Crippen LogP contribution in [0.5, 0.6) is 0 Å². The SMILES string of the molecule is CCN(CC)CC(O)CC(F)(F)C(F)(F)C(F)(F)C(F)(F)C(F)(F)C(F)(F)C(F)(F)C(F)(F)F. The molecule has 0 aromatic carbocycles. The molecular weight excluding hydrogens is 533 g/mol. The Labute approximate surface area is 179 Å². The third kappa shape index (κ3) is 4.86. The molecule has 0 aromatic rings. The number of alkyl halides is 17. The van der Waals surface area contributed by atoms with E-state index in [4.69, 9.17) is 0 Å². The van der Waals surface area contributed by atoms with Crippen molar-refractivity contribution in [1.29, 1.82) is 0 Å².